The summed E-state index contributed by atoms with van der Waals surface area (Å²) in [5.74, 6) is 1.63. The molecule has 0 aliphatic carbocycles. The Morgan fingerprint density at radius 1 is 0.793 bits per heavy atom. The van der Waals surface area contributed by atoms with Crippen molar-refractivity contribution in [2.75, 3.05) is 7.11 Å². The SMILES string of the molecule is C=CCc1ccccc1O[Si](CCCCCC)(OC)Oc1ccccc1CC=C. The number of benzene rings is 2. The largest absolute Gasteiger partial charge is 0.631 e. The van der Waals surface area contributed by atoms with Gasteiger partial charge in [0.2, 0.25) is 0 Å². The Hall–Kier alpha value is -2.30. The highest BCUT2D eigenvalue weighted by Crippen LogP contribution is 2.30. The van der Waals surface area contributed by atoms with Gasteiger partial charge in [0.1, 0.15) is 11.5 Å². The molecule has 0 bridgehead atoms. The second kappa shape index (κ2) is 12.3. The van der Waals surface area contributed by atoms with Gasteiger partial charge in [-0.25, -0.2) is 0 Å². The van der Waals surface area contributed by atoms with Crippen molar-refractivity contribution in [1.82, 2.24) is 0 Å². The lowest BCUT2D eigenvalue weighted by Crippen LogP contribution is -2.51. The summed E-state index contributed by atoms with van der Waals surface area (Å²) in [5, 5.41) is 0. The third kappa shape index (κ3) is 6.91. The Kier molecular flexibility index (Phi) is 9.75. The van der Waals surface area contributed by atoms with Crippen LogP contribution in [-0.4, -0.2) is 15.9 Å². The van der Waals surface area contributed by atoms with Gasteiger partial charge in [-0.2, -0.15) is 0 Å². The van der Waals surface area contributed by atoms with Crippen molar-refractivity contribution >= 4 is 8.80 Å². The molecule has 29 heavy (non-hydrogen) atoms. The minimum absolute atomic E-state index is 0.743. The summed E-state index contributed by atoms with van der Waals surface area (Å²) in [6.07, 6.45) is 9.81. The minimum Gasteiger partial charge on any atom is -0.492 e. The molecule has 0 saturated carbocycles. The Labute approximate surface area is 177 Å². The van der Waals surface area contributed by atoms with Gasteiger partial charge in [0.25, 0.3) is 0 Å². The lowest BCUT2D eigenvalue weighted by Gasteiger charge is -2.30. The molecule has 0 radical (unpaired) electrons. The van der Waals surface area contributed by atoms with Gasteiger partial charge in [-0.15, -0.1) is 13.2 Å². The van der Waals surface area contributed by atoms with Crippen LogP contribution in [0.15, 0.2) is 73.8 Å². The molecule has 0 fully saturated rings. The summed E-state index contributed by atoms with van der Waals surface area (Å²) >= 11 is 0. The predicted octanol–water partition coefficient (Wildman–Crippen LogP) is 6.77. The zero-order valence-electron chi connectivity index (χ0n) is 17.9. The van der Waals surface area contributed by atoms with E-state index in [4.69, 9.17) is 13.3 Å². The Morgan fingerprint density at radius 3 is 1.76 bits per heavy atom. The average molecular weight is 411 g/mol. The van der Waals surface area contributed by atoms with E-state index in [1.165, 1.54) is 12.8 Å². The third-order valence-corrected chi connectivity index (χ3v) is 7.50. The van der Waals surface area contributed by atoms with Crippen LogP contribution >= 0.6 is 0 Å². The first-order valence-electron chi connectivity index (χ1n) is 10.5. The van der Waals surface area contributed by atoms with E-state index in [9.17, 15) is 0 Å². The van der Waals surface area contributed by atoms with Crippen LogP contribution < -0.4 is 8.85 Å². The molecule has 0 heterocycles. The number of allylic oxidation sites excluding steroid dienone is 2. The molecule has 0 amide bonds. The Bertz CT molecular complexity index is 717. The van der Waals surface area contributed by atoms with Crippen LogP contribution in [0.5, 0.6) is 11.5 Å². The molecule has 3 nitrogen and oxygen atoms in total. The van der Waals surface area contributed by atoms with Gasteiger partial charge >= 0.3 is 8.80 Å². The molecular weight excluding hydrogens is 376 g/mol. The van der Waals surface area contributed by atoms with Crippen molar-refractivity contribution in [2.24, 2.45) is 0 Å². The molecule has 2 rings (SSSR count). The van der Waals surface area contributed by atoms with E-state index in [0.717, 1.165) is 54.4 Å². The lowest BCUT2D eigenvalue weighted by molar-refractivity contribution is 0.201. The molecule has 0 atom stereocenters. The number of para-hydroxylation sites is 2. The maximum Gasteiger partial charge on any atom is 0.631 e. The van der Waals surface area contributed by atoms with Gasteiger partial charge < -0.3 is 13.3 Å². The van der Waals surface area contributed by atoms with Gasteiger partial charge in [0.15, 0.2) is 0 Å². The van der Waals surface area contributed by atoms with Crippen LogP contribution in [0.4, 0.5) is 0 Å². The second-order valence-electron chi connectivity index (χ2n) is 7.10. The number of hydrogen-bond acceptors (Lipinski definition) is 3. The molecule has 0 spiro atoms. The predicted molar refractivity (Wildman–Crippen MR) is 124 cm³/mol. The van der Waals surface area contributed by atoms with Crippen LogP contribution in [0.2, 0.25) is 6.04 Å². The molecule has 0 N–H and O–H groups in total. The van der Waals surface area contributed by atoms with Gasteiger partial charge in [-0.05, 0) is 42.5 Å². The van der Waals surface area contributed by atoms with Crippen molar-refractivity contribution < 1.29 is 13.3 Å². The van der Waals surface area contributed by atoms with Crippen molar-refractivity contribution in [3.05, 3.63) is 85.0 Å². The molecule has 0 aliphatic heterocycles. The third-order valence-electron chi connectivity index (χ3n) is 4.85. The van der Waals surface area contributed by atoms with E-state index in [0.29, 0.717) is 0 Å². The number of unbranched alkanes of at least 4 members (excludes halogenated alkanes) is 3. The fourth-order valence-corrected chi connectivity index (χ4v) is 5.63. The molecule has 0 aromatic heterocycles. The second-order valence-corrected chi connectivity index (χ2v) is 9.79. The topological polar surface area (TPSA) is 27.7 Å². The molecule has 0 unspecified atom stereocenters. The fraction of sp³-hybridized carbons (Fsp3) is 0.360. The van der Waals surface area contributed by atoms with Crippen LogP contribution in [0, 0.1) is 0 Å². The number of rotatable bonds is 14. The monoisotopic (exact) mass is 410 g/mol. The van der Waals surface area contributed by atoms with E-state index in [2.05, 4.69) is 32.2 Å². The van der Waals surface area contributed by atoms with Crippen molar-refractivity contribution in [3.63, 3.8) is 0 Å². The molecule has 0 saturated heterocycles. The van der Waals surface area contributed by atoms with Crippen molar-refractivity contribution in [2.45, 2.75) is 51.5 Å². The summed E-state index contributed by atoms with van der Waals surface area (Å²) in [5.41, 5.74) is 2.18. The zero-order chi connectivity index (χ0) is 21.0. The van der Waals surface area contributed by atoms with Gasteiger partial charge in [-0.3, -0.25) is 0 Å². The summed E-state index contributed by atoms with van der Waals surface area (Å²) < 4.78 is 19.2. The van der Waals surface area contributed by atoms with E-state index in [1.54, 1.807) is 7.11 Å². The summed E-state index contributed by atoms with van der Waals surface area (Å²) in [6.45, 7) is 9.95. The quantitative estimate of drug-likeness (QED) is 0.195. The Morgan fingerprint density at radius 2 is 1.31 bits per heavy atom. The maximum absolute atomic E-state index is 6.57. The van der Waals surface area contributed by atoms with E-state index in [-0.39, 0.29) is 0 Å². The van der Waals surface area contributed by atoms with Crippen molar-refractivity contribution in [1.29, 1.82) is 0 Å². The molecule has 2 aromatic rings. The van der Waals surface area contributed by atoms with E-state index >= 15 is 0 Å². The number of hydrogen-bond donors (Lipinski definition) is 0. The van der Waals surface area contributed by atoms with Gasteiger partial charge in [0.05, 0.1) is 0 Å². The average Bonchev–Trinajstić information content (AvgIpc) is 2.74. The molecule has 4 heteroatoms. The highest BCUT2D eigenvalue weighted by atomic mass is 28.4. The van der Waals surface area contributed by atoms with Crippen LogP contribution in [0.25, 0.3) is 0 Å². The molecule has 156 valence electrons. The van der Waals surface area contributed by atoms with Gasteiger partial charge in [-0.1, -0.05) is 74.7 Å². The summed E-state index contributed by atoms with van der Waals surface area (Å²) in [6, 6.07) is 16.9. The molecule has 2 aromatic carbocycles. The van der Waals surface area contributed by atoms with E-state index < -0.39 is 8.80 Å². The first-order valence-corrected chi connectivity index (χ1v) is 12.4. The fourth-order valence-electron chi connectivity index (χ4n) is 3.27. The molecular formula is C25H34O3Si. The van der Waals surface area contributed by atoms with Crippen LogP contribution in [0.3, 0.4) is 0 Å². The first kappa shape index (κ1) is 23.0. The lowest BCUT2D eigenvalue weighted by atomic mass is 10.1. The zero-order valence-corrected chi connectivity index (χ0v) is 18.9. The maximum atomic E-state index is 6.57. The highest BCUT2D eigenvalue weighted by molar-refractivity contribution is 6.62. The van der Waals surface area contributed by atoms with Crippen LogP contribution in [-0.2, 0) is 17.3 Å². The van der Waals surface area contributed by atoms with Gasteiger partial charge in [0, 0.05) is 13.2 Å². The minimum atomic E-state index is -2.99. The standard InChI is InChI=1S/C25H34O3Si/c1-5-8-9-14-21-29(26-4,27-24-19-12-10-17-22(24)15-6-2)28-25-20-13-11-18-23(25)16-7-3/h6-7,10-13,17-20H,2-3,5,8-9,14-16,21H2,1,4H3. The molecule has 0 aliphatic rings. The summed E-state index contributed by atoms with van der Waals surface area (Å²) in [7, 11) is -1.28. The smallest absolute Gasteiger partial charge is 0.492 e. The Balaban J connectivity index is 2.34. The van der Waals surface area contributed by atoms with Crippen LogP contribution in [0.1, 0.15) is 43.7 Å². The highest BCUT2D eigenvalue weighted by Gasteiger charge is 2.45. The first-order chi connectivity index (χ1) is 14.2. The summed E-state index contributed by atoms with van der Waals surface area (Å²) in [4.78, 5) is 0. The van der Waals surface area contributed by atoms with E-state index in [1.807, 2.05) is 48.6 Å². The van der Waals surface area contributed by atoms with Crippen molar-refractivity contribution in [3.8, 4) is 11.5 Å². The normalized spacial score (nSPS) is 11.1.